The van der Waals surface area contributed by atoms with Gasteiger partial charge in [-0.25, -0.2) is 0 Å². The molecule has 0 atom stereocenters. The first-order valence-corrected chi connectivity index (χ1v) is 12.5. The van der Waals surface area contributed by atoms with Crippen LogP contribution in [-0.4, -0.2) is 80.3 Å². The van der Waals surface area contributed by atoms with Crippen molar-refractivity contribution in [2.45, 2.75) is 32.1 Å². The largest absolute Gasteiger partial charge is 0.381 e. The summed E-state index contributed by atoms with van der Waals surface area (Å²) in [4.78, 5) is 15.5. The Labute approximate surface area is 189 Å². The molecule has 30 heavy (non-hydrogen) atoms. The molecule has 0 radical (unpaired) electrons. The fraction of sp³-hybridized carbons (Fsp3) is 0.650. The summed E-state index contributed by atoms with van der Waals surface area (Å²) in [6.45, 7) is 6.72. The van der Waals surface area contributed by atoms with Crippen LogP contribution in [0.25, 0.3) is 0 Å². The van der Waals surface area contributed by atoms with Crippen molar-refractivity contribution in [3.05, 3.63) is 33.8 Å². The van der Waals surface area contributed by atoms with Crippen LogP contribution in [-0.2, 0) is 25.2 Å². The van der Waals surface area contributed by atoms with Crippen LogP contribution < -0.4 is 0 Å². The molecular formula is C20H29Cl2N3O4S. The Morgan fingerprint density at radius 1 is 1.10 bits per heavy atom. The van der Waals surface area contributed by atoms with Crippen LogP contribution in [0.3, 0.4) is 0 Å². The molecule has 0 spiro atoms. The lowest BCUT2D eigenvalue weighted by atomic mass is 9.72. The van der Waals surface area contributed by atoms with Gasteiger partial charge in [-0.2, -0.15) is 17.0 Å². The van der Waals surface area contributed by atoms with Gasteiger partial charge in [-0.1, -0.05) is 43.1 Å². The van der Waals surface area contributed by atoms with Crippen molar-refractivity contribution in [3.8, 4) is 0 Å². The van der Waals surface area contributed by atoms with E-state index in [1.165, 1.54) is 8.61 Å². The van der Waals surface area contributed by atoms with Gasteiger partial charge in [-0.3, -0.25) is 4.79 Å². The number of ether oxygens (including phenoxy) is 1. The highest BCUT2D eigenvalue weighted by atomic mass is 35.5. The summed E-state index contributed by atoms with van der Waals surface area (Å²) in [6.07, 6.45) is 1.07. The molecule has 2 heterocycles. The maximum atomic E-state index is 13.7. The normalized spacial score (nSPS) is 20.5. The fourth-order valence-corrected chi connectivity index (χ4v) is 6.53. The topological polar surface area (TPSA) is 70.2 Å². The number of halogens is 2. The number of benzene rings is 1. The van der Waals surface area contributed by atoms with Crippen LogP contribution in [0.2, 0.25) is 10.0 Å². The smallest absolute Gasteiger partial charge is 0.282 e. The van der Waals surface area contributed by atoms with E-state index in [4.69, 9.17) is 27.9 Å². The van der Waals surface area contributed by atoms with Gasteiger partial charge in [0.15, 0.2) is 0 Å². The van der Waals surface area contributed by atoms with Crippen LogP contribution in [0.4, 0.5) is 0 Å². The van der Waals surface area contributed by atoms with Gasteiger partial charge in [0.1, 0.15) is 0 Å². The van der Waals surface area contributed by atoms with Gasteiger partial charge in [0.2, 0.25) is 5.91 Å². The van der Waals surface area contributed by atoms with Crippen LogP contribution >= 0.6 is 23.2 Å². The number of nitrogens with zero attached hydrogens (tertiary/aromatic N) is 3. The molecule has 3 rings (SSSR count). The number of piperazine rings is 1. The zero-order chi connectivity index (χ0) is 21.9. The summed E-state index contributed by atoms with van der Waals surface area (Å²) in [5.41, 5.74) is -0.0140. The molecule has 168 valence electrons. The van der Waals surface area contributed by atoms with E-state index >= 15 is 0 Å². The van der Waals surface area contributed by atoms with Crippen molar-refractivity contribution in [1.82, 2.24) is 13.5 Å². The summed E-state index contributed by atoms with van der Waals surface area (Å²) in [5.74, 6) is -0.0186. The van der Waals surface area contributed by atoms with E-state index in [0.717, 1.165) is 5.56 Å². The van der Waals surface area contributed by atoms with E-state index < -0.39 is 15.6 Å². The monoisotopic (exact) mass is 477 g/mol. The first-order valence-electron chi connectivity index (χ1n) is 10.3. The molecule has 0 N–H and O–H groups in total. The standard InChI is InChI=1S/C20H29Cl2N3O4S/c1-3-24(4-2)30(27,28)25-11-9-23(10-12-25)19(26)20(7-13-29-14-8-20)17-6-5-16(21)15-18(17)22/h5-6,15H,3-4,7-14H2,1-2H3. The first kappa shape index (κ1) is 23.8. The highest BCUT2D eigenvalue weighted by Gasteiger charge is 2.46. The van der Waals surface area contributed by atoms with E-state index in [-0.39, 0.29) is 19.0 Å². The third kappa shape index (κ3) is 4.49. The van der Waals surface area contributed by atoms with Crippen LogP contribution in [0.1, 0.15) is 32.3 Å². The van der Waals surface area contributed by atoms with E-state index in [1.54, 1.807) is 17.0 Å². The molecule has 2 aliphatic rings. The molecule has 2 fully saturated rings. The van der Waals surface area contributed by atoms with Gasteiger partial charge in [0.25, 0.3) is 10.2 Å². The van der Waals surface area contributed by atoms with Gasteiger partial charge < -0.3 is 9.64 Å². The highest BCUT2D eigenvalue weighted by molar-refractivity contribution is 7.86. The van der Waals surface area contributed by atoms with Gasteiger partial charge in [0.05, 0.1) is 5.41 Å². The lowest BCUT2D eigenvalue weighted by molar-refractivity contribution is -0.142. The number of carbonyl (C=O) groups excluding carboxylic acids is 1. The van der Waals surface area contributed by atoms with E-state index in [1.807, 2.05) is 19.9 Å². The van der Waals surface area contributed by atoms with Crippen LogP contribution in [0, 0.1) is 0 Å². The number of carbonyl (C=O) groups is 1. The van der Waals surface area contributed by atoms with Gasteiger partial charge in [-0.15, -0.1) is 0 Å². The Kier molecular flexibility index (Phi) is 7.69. The summed E-state index contributed by atoms with van der Waals surface area (Å²) in [5, 5.41) is 0.995. The maximum absolute atomic E-state index is 13.7. The molecule has 0 bridgehead atoms. The molecule has 7 nitrogen and oxygen atoms in total. The summed E-state index contributed by atoms with van der Waals surface area (Å²) in [7, 11) is -3.50. The Morgan fingerprint density at radius 3 is 2.23 bits per heavy atom. The van der Waals surface area contributed by atoms with E-state index in [0.29, 0.717) is 62.3 Å². The van der Waals surface area contributed by atoms with Crippen molar-refractivity contribution >= 4 is 39.3 Å². The Bertz CT molecular complexity index is 863. The number of hydrogen-bond acceptors (Lipinski definition) is 4. The zero-order valence-corrected chi connectivity index (χ0v) is 19.8. The first-order chi connectivity index (χ1) is 14.3. The maximum Gasteiger partial charge on any atom is 0.282 e. The summed E-state index contributed by atoms with van der Waals surface area (Å²) in [6, 6.07) is 5.24. The third-order valence-electron chi connectivity index (χ3n) is 6.09. The molecule has 0 aromatic heterocycles. The molecule has 10 heteroatoms. The Hall–Kier alpha value is -0.900. The highest BCUT2D eigenvalue weighted by Crippen LogP contribution is 2.41. The molecule has 0 saturated carbocycles. The predicted molar refractivity (Wildman–Crippen MR) is 118 cm³/mol. The van der Waals surface area contributed by atoms with E-state index in [2.05, 4.69) is 0 Å². The second-order valence-electron chi connectivity index (χ2n) is 7.60. The molecule has 2 saturated heterocycles. The molecular weight excluding hydrogens is 449 g/mol. The SMILES string of the molecule is CCN(CC)S(=O)(=O)N1CCN(C(=O)C2(c3ccc(Cl)cc3Cl)CCOCC2)CC1. The average Bonchev–Trinajstić information content (AvgIpc) is 2.74. The molecule has 0 aliphatic carbocycles. The van der Waals surface area contributed by atoms with Crippen molar-refractivity contribution in [2.24, 2.45) is 0 Å². The summed E-state index contributed by atoms with van der Waals surface area (Å²) >= 11 is 12.6. The van der Waals surface area contributed by atoms with E-state index in [9.17, 15) is 13.2 Å². The Balaban J connectivity index is 1.81. The summed E-state index contributed by atoms with van der Waals surface area (Å²) < 4.78 is 34.0. The average molecular weight is 478 g/mol. The lowest BCUT2D eigenvalue weighted by Crippen LogP contribution is -2.58. The lowest BCUT2D eigenvalue weighted by Gasteiger charge is -2.43. The second-order valence-corrected chi connectivity index (χ2v) is 10.4. The third-order valence-corrected chi connectivity index (χ3v) is 8.82. The molecule has 2 aliphatic heterocycles. The van der Waals surface area contributed by atoms with Crippen LogP contribution in [0.5, 0.6) is 0 Å². The van der Waals surface area contributed by atoms with Crippen molar-refractivity contribution in [3.63, 3.8) is 0 Å². The molecule has 1 aromatic rings. The van der Waals surface area contributed by atoms with Gasteiger partial charge in [0, 0.05) is 62.5 Å². The quantitative estimate of drug-likeness (QED) is 0.631. The molecule has 1 amide bonds. The second kappa shape index (κ2) is 9.71. The minimum atomic E-state index is -3.50. The molecule has 0 unspecified atom stereocenters. The van der Waals surface area contributed by atoms with Gasteiger partial charge >= 0.3 is 0 Å². The minimum Gasteiger partial charge on any atom is -0.381 e. The van der Waals surface area contributed by atoms with Crippen molar-refractivity contribution in [2.75, 3.05) is 52.5 Å². The van der Waals surface area contributed by atoms with Crippen LogP contribution in [0.15, 0.2) is 18.2 Å². The van der Waals surface area contributed by atoms with Crippen molar-refractivity contribution in [1.29, 1.82) is 0 Å². The van der Waals surface area contributed by atoms with Gasteiger partial charge in [-0.05, 0) is 30.5 Å². The predicted octanol–water partition coefficient (Wildman–Crippen LogP) is 2.77. The number of amides is 1. The number of rotatable bonds is 6. The number of hydrogen-bond donors (Lipinski definition) is 0. The van der Waals surface area contributed by atoms with Crippen molar-refractivity contribution < 1.29 is 17.9 Å². The minimum absolute atomic E-state index is 0.0186. The Morgan fingerprint density at radius 2 is 1.70 bits per heavy atom. The fourth-order valence-electron chi connectivity index (χ4n) is 4.33. The molecule has 1 aromatic carbocycles. The zero-order valence-electron chi connectivity index (χ0n) is 17.4.